The Hall–Kier alpha value is -1.63. The molecule has 2 aliphatic rings. The highest BCUT2D eigenvalue weighted by Crippen LogP contribution is 2.35. The molecule has 0 aliphatic carbocycles. The van der Waals surface area contributed by atoms with Crippen molar-refractivity contribution in [1.82, 2.24) is 4.90 Å². The fourth-order valence-corrected chi connectivity index (χ4v) is 3.79. The molecule has 1 amide bonds. The lowest BCUT2D eigenvalue weighted by molar-refractivity contribution is -0.214. The second-order valence-corrected chi connectivity index (χ2v) is 6.95. The van der Waals surface area contributed by atoms with Crippen LogP contribution in [0.1, 0.15) is 31.2 Å². The van der Waals surface area contributed by atoms with Gasteiger partial charge in [0.05, 0.1) is 25.4 Å². The van der Waals surface area contributed by atoms with E-state index in [9.17, 15) is 15.0 Å². The molecule has 0 saturated carbocycles. The van der Waals surface area contributed by atoms with Crippen molar-refractivity contribution in [2.24, 2.45) is 0 Å². The highest BCUT2D eigenvalue weighted by molar-refractivity contribution is 5.76. The lowest BCUT2D eigenvalue weighted by Crippen LogP contribution is -2.60. The van der Waals surface area contributed by atoms with Crippen LogP contribution in [0.4, 0.5) is 0 Å². The number of amides is 1. The third kappa shape index (κ3) is 3.97. The third-order valence-corrected chi connectivity index (χ3v) is 5.43. The number of likely N-dealkylation sites (tertiary alicyclic amines) is 1. The van der Waals surface area contributed by atoms with Crippen molar-refractivity contribution in [2.45, 2.75) is 49.9 Å². The highest BCUT2D eigenvalue weighted by atomic mass is 16.5. The quantitative estimate of drug-likeness (QED) is 0.852. The van der Waals surface area contributed by atoms with Gasteiger partial charge in [0, 0.05) is 19.5 Å². The molecule has 0 aromatic heterocycles. The zero-order chi connectivity index (χ0) is 17.9. The normalized spacial score (nSPS) is 25.8. The summed E-state index contributed by atoms with van der Waals surface area (Å²) in [5.74, 6) is 0.912. The molecule has 2 saturated heterocycles. The SMILES string of the molecule is COc1cccc(CCC(=O)N2CCC3(CC2)OCC[C@H](O)[C@@H]3O)c1. The van der Waals surface area contributed by atoms with Gasteiger partial charge in [0.15, 0.2) is 0 Å². The van der Waals surface area contributed by atoms with Crippen molar-refractivity contribution < 1.29 is 24.5 Å². The van der Waals surface area contributed by atoms with Crippen molar-refractivity contribution in [3.05, 3.63) is 29.8 Å². The van der Waals surface area contributed by atoms with Crippen molar-refractivity contribution in [3.63, 3.8) is 0 Å². The van der Waals surface area contributed by atoms with Crippen LogP contribution >= 0.6 is 0 Å². The van der Waals surface area contributed by atoms with E-state index in [0.29, 0.717) is 51.8 Å². The fourth-order valence-electron chi connectivity index (χ4n) is 3.79. The first kappa shape index (κ1) is 18.2. The topological polar surface area (TPSA) is 79.2 Å². The first-order chi connectivity index (χ1) is 12.0. The van der Waals surface area contributed by atoms with E-state index in [1.807, 2.05) is 29.2 Å². The number of hydrogen-bond acceptors (Lipinski definition) is 5. The number of carbonyl (C=O) groups is 1. The molecule has 0 radical (unpaired) electrons. The summed E-state index contributed by atoms with van der Waals surface area (Å²) in [5.41, 5.74) is 0.386. The molecule has 0 unspecified atom stereocenters. The number of ether oxygens (including phenoxy) is 2. The van der Waals surface area contributed by atoms with Crippen molar-refractivity contribution >= 4 is 5.91 Å². The second-order valence-electron chi connectivity index (χ2n) is 6.95. The molecule has 2 heterocycles. The lowest BCUT2D eigenvalue weighted by Gasteiger charge is -2.48. The summed E-state index contributed by atoms with van der Waals surface area (Å²) < 4.78 is 11.0. The first-order valence-electron chi connectivity index (χ1n) is 8.95. The Morgan fingerprint density at radius 1 is 1.36 bits per heavy atom. The maximum atomic E-state index is 12.5. The van der Waals surface area contributed by atoms with Crippen molar-refractivity contribution in [3.8, 4) is 5.75 Å². The van der Waals surface area contributed by atoms with Crippen LogP contribution in [0.2, 0.25) is 0 Å². The molecular weight excluding hydrogens is 322 g/mol. The standard InChI is InChI=1S/C19H27NO5/c1-24-15-4-2-3-14(13-15)5-6-17(22)20-10-8-19(9-11-20)18(23)16(21)7-12-25-19/h2-4,13,16,18,21,23H,5-12H2,1H3/t16-,18-/m0/s1. The number of nitrogens with zero attached hydrogens (tertiary/aromatic N) is 1. The zero-order valence-corrected chi connectivity index (χ0v) is 14.7. The van der Waals surface area contributed by atoms with Crippen molar-refractivity contribution in [2.75, 3.05) is 26.8 Å². The van der Waals surface area contributed by atoms with E-state index in [0.717, 1.165) is 11.3 Å². The molecule has 6 heteroatoms. The largest absolute Gasteiger partial charge is 0.497 e. The van der Waals surface area contributed by atoms with E-state index in [1.54, 1.807) is 7.11 Å². The first-order valence-corrected chi connectivity index (χ1v) is 8.95. The number of rotatable bonds is 4. The Bertz CT molecular complexity index is 597. The van der Waals surface area contributed by atoms with E-state index in [2.05, 4.69) is 0 Å². The van der Waals surface area contributed by atoms with Crippen LogP contribution in [0.15, 0.2) is 24.3 Å². The molecule has 2 atom stereocenters. The van der Waals surface area contributed by atoms with Gasteiger partial charge in [0.25, 0.3) is 0 Å². The van der Waals surface area contributed by atoms with Crippen LogP contribution in [0.25, 0.3) is 0 Å². The molecule has 2 aliphatic heterocycles. The number of aliphatic hydroxyl groups is 2. The number of piperidine rings is 1. The Balaban J connectivity index is 1.51. The number of hydrogen-bond donors (Lipinski definition) is 2. The summed E-state index contributed by atoms with van der Waals surface area (Å²) in [4.78, 5) is 14.3. The van der Waals surface area contributed by atoms with E-state index in [4.69, 9.17) is 9.47 Å². The fraction of sp³-hybridized carbons (Fsp3) is 0.632. The van der Waals surface area contributed by atoms with Crippen LogP contribution in [0.5, 0.6) is 5.75 Å². The molecule has 25 heavy (non-hydrogen) atoms. The van der Waals surface area contributed by atoms with Gasteiger partial charge in [0.1, 0.15) is 11.9 Å². The Kier molecular flexibility index (Phi) is 5.61. The highest BCUT2D eigenvalue weighted by Gasteiger charge is 2.47. The summed E-state index contributed by atoms with van der Waals surface area (Å²) in [6.45, 7) is 1.57. The second kappa shape index (κ2) is 7.72. The Morgan fingerprint density at radius 2 is 2.12 bits per heavy atom. The van der Waals surface area contributed by atoms with E-state index >= 15 is 0 Å². The van der Waals surface area contributed by atoms with Crippen LogP contribution in [0, 0.1) is 0 Å². The van der Waals surface area contributed by atoms with Gasteiger partial charge in [-0.05, 0) is 43.4 Å². The number of carbonyl (C=O) groups excluding carboxylic acids is 1. The predicted molar refractivity (Wildman–Crippen MR) is 92.4 cm³/mol. The van der Waals surface area contributed by atoms with Gasteiger partial charge in [-0.15, -0.1) is 0 Å². The average molecular weight is 349 g/mol. The summed E-state index contributed by atoms with van der Waals surface area (Å²) in [6, 6.07) is 7.76. The lowest BCUT2D eigenvalue weighted by atomic mass is 9.80. The zero-order valence-electron chi connectivity index (χ0n) is 14.7. The van der Waals surface area contributed by atoms with E-state index in [1.165, 1.54) is 0 Å². The monoisotopic (exact) mass is 349 g/mol. The smallest absolute Gasteiger partial charge is 0.222 e. The number of methoxy groups -OCH3 is 1. The Labute approximate surface area is 148 Å². The van der Waals surface area contributed by atoms with Crippen LogP contribution < -0.4 is 4.74 Å². The van der Waals surface area contributed by atoms with Crippen LogP contribution in [-0.2, 0) is 16.0 Å². The molecule has 1 aromatic rings. The molecule has 1 aromatic carbocycles. The van der Waals surface area contributed by atoms with Gasteiger partial charge in [-0.3, -0.25) is 4.79 Å². The number of benzene rings is 1. The molecule has 2 fully saturated rings. The summed E-state index contributed by atoms with van der Waals surface area (Å²) in [6.07, 6.45) is 1.12. The van der Waals surface area contributed by atoms with E-state index < -0.39 is 17.8 Å². The maximum absolute atomic E-state index is 12.5. The minimum Gasteiger partial charge on any atom is -0.497 e. The Morgan fingerprint density at radius 3 is 2.84 bits per heavy atom. The molecular formula is C19H27NO5. The molecule has 3 rings (SSSR count). The minimum absolute atomic E-state index is 0.114. The van der Waals surface area contributed by atoms with Gasteiger partial charge in [-0.2, -0.15) is 0 Å². The van der Waals surface area contributed by atoms with Crippen LogP contribution in [-0.4, -0.2) is 65.6 Å². The van der Waals surface area contributed by atoms with Gasteiger partial charge in [-0.25, -0.2) is 0 Å². The molecule has 1 spiro atoms. The average Bonchev–Trinajstić information content (AvgIpc) is 2.65. The number of aliphatic hydroxyl groups excluding tert-OH is 2. The summed E-state index contributed by atoms with van der Waals surface area (Å²) in [7, 11) is 1.63. The molecule has 2 N–H and O–H groups in total. The molecule has 6 nitrogen and oxygen atoms in total. The minimum atomic E-state index is -0.865. The number of aryl methyl sites for hydroxylation is 1. The molecule has 138 valence electrons. The summed E-state index contributed by atoms with van der Waals surface area (Å²) >= 11 is 0. The predicted octanol–water partition coefficient (Wildman–Crippen LogP) is 1.13. The van der Waals surface area contributed by atoms with Crippen LogP contribution in [0.3, 0.4) is 0 Å². The van der Waals surface area contributed by atoms with Gasteiger partial charge in [0.2, 0.25) is 5.91 Å². The van der Waals surface area contributed by atoms with Gasteiger partial charge in [-0.1, -0.05) is 12.1 Å². The van der Waals surface area contributed by atoms with Crippen molar-refractivity contribution in [1.29, 1.82) is 0 Å². The molecule has 0 bridgehead atoms. The third-order valence-electron chi connectivity index (χ3n) is 5.43. The van der Waals surface area contributed by atoms with E-state index in [-0.39, 0.29) is 5.91 Å². The summed E-state index contributed by atoms with van der Waals surface area (Å²) in [5, 5.41) is 20.2. The maximum Gasteiger partial charge on any atom is 0.222 e. The van der Waals surface area contributed by atoms with Gasteiger partial charge >= 0.3 is 0 Å². The van der Waals surface area contributed by atoms with Gasteiger partial charge < -0.3 is 24.6 Å².